The maximum absolute atomic E-state index is 11.9. The van der Waals surface area contributed by atoms with Crippen molar-refractivity contribution in [3.8, 4) is 5.75 Å². The first-order valence-electron chi connectivity index (χ1n) is 7.40. The lowest BCUT2D eigenvalue weighted by Gasteiger charge is -2.08. The van der Waals surface area contributed by atoms with Crippen LogP contribution >= 0.6 is 0 Å². The molecule has 0 spiro atoms. The summed E-state index contributed by atoms with van der Waals surface area (Å²) in [6.45, 7) is 6.21. The van der Waals surface area contributed by atoms with E-state index in [9.17, 15) is 4.79 Å². The van der Waals surface area contributed by atoms with Crippen molar-refractivity contribution in [3.63, 3.8) is 0 Å². The Morgan fingerprint density at radius 2 is 1.77 bits per heavy atom. The number of H-pyrrole nitrogens is 1. The Kier molecular flexibility index (Phi) is 5.31. The summed E-state index contributed by atoms with van der Waals surface area (Å²) >= 11 is 0. The van der Waals surface area contributed by atoms with Crippen molar-refractivity contribution in [2.75, 3.05) is 0 Å². The van der Waals surface area contributed by atoms with Gasteiger partial charge in [0, 0.05) is 0 Å². The van der Waals surface area contributed by atoms with Crippen molar-refractivity contribution in [1.29, 1.82) is 0 Å². The lowest BCUT2D eigenvalue weighted by Crippen LogP contribution is -2.10. The fraction of sp³-hybridized carbons (Fsp3) is 0.222. The monoisotopic (exact) mass is 296 g/mol. The minimum absolute atomic E-state index is 0.141. The van der Waals surface area contributed by atoms with Gasteiger partial charge >= 0.3 is 0 Å². The van der Waals surface area contributed by atoms with Crippen LogP contribution in [0.15, 0.2) is 53.3 Å². The Balaban J connectivity index is 0.000000847. The zero-order chi connectivity index (χ0) is 15.9. The lowest BCUT2D eigenvalue weighted by molar-refractivity contribution is 0.309. The summed E-state index contributed by atoms with van der Waals surface area (Å²) in [7, 11) is 0. The maximum atomic E-state index is 11.9. The van der Waals surface area contributed by atoms with Gasteiger partial charge in [-0.15, -0.1) is 0 Å². The molecule has 0 bridgehead atoms. The molecule has 1 N–H and O–H groups in total. The zero-order valence-corrected chi connectivity index (χ0v) is 13.1. The number of aromatic nitrogens is 2. The molecule has 4 heteroatoms. The van der Waals surface area contributed by atoms with E-state index >= 15 is 0 Å². The molecule has 0 aliphatic heterocycles. The highest BCUT2D eigenvalue weighted by Gasteiger charge is 2.07. The fourth-order valence-corrected chi connectivity index (χ4v) is 2.10. The molecule has 0 unspecified atom stereocenters. The predicted octanol–water partition coefficient (Wildman–Crippen LogP) is 3.84. The number of aromatic amines is 1. The van der Waals surface area contributed by atoms with Gasteiger partial charge < -0.3 is 9.72 Å². The standard InChI is InChI=1S/C16H14N2O2.C2H6/c1-11-17-15-13(16(19)18-11)8-5-9-14(15)20-10-12-6-3-2-4-7-12;1-2/h2-9H,10H2,1H3,(H,17,18,19);1-2H3. The topological polar surface area (TPSA) is 55.0 Å². The molecule has 0 fully saturated rings. The van der Waals surface area contributed by atoms with Gasteiger partial charge in [0.05, 0.1) is 5.39 Å². The number of nitrogens with zero attached hydrogens (tertiary/aromatic N) is 1. The van der Waals surface area contributed by atoms with Gasteiger partial charge in [0.25, 0.3) is 5.56 Å². The van der Waals surface area contributed by atoms with E-state index in [1.165, 1.54) is 0 Å². The maximum Gasteiger partial charge on any atom is 0.258 e. The van der Waals surface area contributed by atoms with E-state index in [1.54, 1.807) is 19.1 Å². The van der Waals surface area contributed by atoms with Crippen LogP contribution in [0.2, 0.25) is 0 Å². The predicted molar refractivity (Wildman–Crippen MR) is 89.2 cm³/mol. The number of ether oxygens (including phenoxy) is 1. The van der Waals surface area contributed by atoms with Crippen molar-refractivity contribution in [3.05, 3.63) is 70.3 Å². The van der Waals surface area contributed by atoms with E-state index in [0.717, 1.165) is 5.56 Å². The quantitative estimate of drug-likeness (QED) is 0.799. The molecule has 22 heavy (non-hydrogen) atoms. The van der Waals surface area contributed by atoms with E-state index in [-0.39, 0.29) is 5.56 Å². The Bertz CT molecular complexity index is 795. The van der Waals surface area contributed by atoms with Crippen LogP contribution in [0, 0.1) is 6.92 Å². The van der Waals surface area contributed by atoms with E-state index in [1.807, 2.05) is 50.2 Å². The number of rotatable bonds is 3. The third kappa shape index (κ3) is 3.52. The van der Waals surface area contributed by atoms with E-state index in [0.29, 0.717) is 29.1 Å². The van der Waals surface area contributed by atoms with Crippen LogP contribution in [-0.4, -0.2) is 9.97 Å². The largest absolute Gasteiger partial charge is 0.487 e. The Morgan fingerprint density at radius 1 is 1.05 bits per heavy atom. The first-order chi connectivity index (χ1) is 10.7. The lowest BCUT2D eigenvalue weighted by atomic mass is 10.2. The third-order valence-corrected chi connectivity index (χ3v) is 3.05. The molecule has 0 saturated heterocycles. The normalized spacial score (nSPS) is 9.95. The number of para-hydroxylation sites is 1. The van der Waals surface area contributed by atoms with Crippen LogP contribution < -0.4 is 10.3 Å². The highest BCUT2D eigenvalue weighted by molar-refractivity contribution is 5.83. The molecule has 0 amide bonds. The van der Waals surface area contributed by atoms with Crippen LogP contribution in [0.25, 0.3) is 10.9 Å². The first kappa shape index (κ1) is 15.8. The number of fused-ring (bicyclic) bond motifs is 1. The minimum atomic E-state index is -0.141. The minimum Gasteiger partial charge on any atom is -0.487 e. The number of aryl methyl sites for hydroxylation is 1. The second kappa shape index (κ2) is 7.41. The second-order valence-corrected chi connectivity index (χ2v) is 4.58. The van der Waals surface area contributed by atoms with Crippen LogP contribution in [0.4, 0.5) is 0 Å². The van der Waals surface area contributed by atoms with Gasteiger partial charge in [-0.1, -0.05) is 50.2 Å². The highest BCUT2D eigenvalue weighted by atomic mass is 16.5. The van der Waals surface area contributed by atoms with Crippen LogP contribution in [0.1, 0.15) is 25.2 Å². The van der Waals surface area contributed by atoms with Crippen LogP contribution in [-0.2, 0) is 6.61 Å². The van der Waals surface area contributed by atoms with Crippen LogP contribution in [0.5, 0.6) is 5.75 Å². The molecule has 3 rings (SSSR count). The molecule has 0 atom stereocenters. The third-order valence-electron chi connectivity index (χ3n) is 3.05. The number of hydrogen-bond donors (Lipinski definition) is 1. The van der Waals surface area contributed by atoms with Gasteiger partial charge in [-0.2, -0.15) is 0 Å². The SMILES string of the molecule is CC.Cc1nc2c(OCc3ccccc3)cccc2c(=O)[nH]1. The summed E-state index contributed by atoms with van der Waals surface area (Å²) in [4.78, 5) is 18.9. The Morgan fingerprint density at radius 3 is 2.50 bits per heavy atom. The van der Waals surface area contributed by atoms with Gasteiger partial charge in [-0.05, 0) is 24.6 Å². The molecule has 2 aromatic carbocycles. The molecule has 4 nitrogen and oxygen atoms in total. The molecular formula is C18H20N2O2. The molecule has 114 valence electrons. The summed E-state index contributed by atoms with van der Waals surface area (Å²) in [5.41, 5.74) is 1.54. The highest BCUT2D eigenvalue weighted by Crippen LogP contribution is 2.22. The van der Waals surface area contributed by atoms with E-state index in [2.05, 4.69) is 9.97 Å². The molecule has 0 saturated carbocycles. The summed E-state index contributed by atoms with van der Waals surface area (Å²) in [6.07, 6.45) is 0. The van der Waals surface area contributed by atoms with Crippen molar-refractivity contribution >= 4 is 10.9 Å². The van der Waals surface area contributed by atoms with Gasteiger partial charge in [0.15, 0.2) is 0 Å². The summed E-state index contributed by atoms with van der Waals surface area (Å²) in [5, 5.41) is 0.543. The molecular weight excluding hydrogens is 276 g/mol. The Labute approximate surface area is 129 Å². The summed E-state index contributed by atoms with van der Waals surface area (Å²) < 4.78 is 5.80. The molecule has 0 radical (unpaired) electrons. The molecule has 0 aliphatic carbocycles. The molecule has 1 aromatic heterocycles. The average Bonchev–Trinajstić information content (AvgIpc) is 2.56. The fourth-order valence-electron chi connectivity index (χ4n) is 2.10. The van der Waals surface area contributed by atoms with Gasteiger partial charge in [0.1, 0.15) is 23.7 Å². The summed E-state index contributed by atoms with van der Waals surface area (Å²) in [6, 6.07) is 15.3. The van der Waals surface area contributed by atoms with Gasteiger partial charge in [-0.3, -0.25) is 4.79 Å². The summed E-state index contributed by atoms with van der Waals surface area (Å²) in [5.74, 6) is 1.21. The number of nitrogens with one attached hydrogen (secondary N) is 1. The van der Waals surface area contributed by atoms with Crippen LogP contribution in [0.3, 0.4) is 0 Å². The molecule has 0 aliphatic rings. The van der Waals surface area contributed by atoms with Crippen molar-refractivity contribution < 1.29 is 4.74 Å². The zero-order valence-electron chi connectivity index (χ0n) is 13.1. The van der Waals surface area contributed by atoms with E-state index in [4.69, 9.17) is 4.74 Å². The van der Waals surface area contributed by atoms with Crippen molar-refractivity contribution in [1.82, 2.24) is 9.97 Å². The average molecular weight is 296 g/mol. The van der Waals surface area contributed by atoms with Crippen molar-refractivity contribution in [2.45, 2.75) is 27.4 Å². The molecule has 3 aromatic rings. The van der Waals surface area contributed by atoms with Crippen molar-refractivity contribution in [2.24, 2.45) is 0 Å². The Hall–Kier alpha value is -2.62. The molecule has 1 heterocycles. The van der Waals surface area contributed by atoms with Gasteiger partial charge in [-0.25, -0.2) is 4.98 Å². The van der Waals surface area contributed by atoms with Gasteiger partial charge in [0.2, 0.25) is 0 Å². The number of hydrogen-bond acceptors (Lipinski definition) is 3. The van der Waals surface area contributed by atoms with E-state index < -0.39 is 0 Å². The second-order valence-electron chi connectivity index (χ2n) is 4.58. The number of benzene rings is 2. The first-order valence-corrected chi connectivity index (χ1v) is 7.40. The smallest absolute Gasteiger partial charge is 0.258 e.